The zero-order chi connectivity index (χ0) is 31.4. The minimum Gasteiger partial charge on any atom is -0.379 e. The van der Waals surface area contributed by atoms with Crippen molar-refractivity contribution in [2.24, 2.45) is 4.99 Å². The van der Waals surface area contributed by atoms with Crippen LogP contribution in [0.1, 0.15) is 27.0 Å². The molecule has 0 atom stereocenters. The maximum Gasteiger partial charge on any atom is 0.416 e. The van der Waals surface area contributed by atoms with Gasteiger partial charge in [0.05, 0.1) is 38.5 Å². The van der Waals surface area contributed by atoms with Crippen molar-refractivity contribution in [3.63, 3.8) is 0 Å². The van der Waals surface area contributed by atoms with Gasteiger partial charge in [-0.3, -0.25) is 19.5 Å². The highest BCUT2D eigenvalue weighted by atomic mass is 19.4. The molecule has 0 spiro atoms. The number of aliphatic imine (C=N–C) groups is 1. The number of benzene rings is 3. The Labute approximate surface area is 259 Å². The van der Waals surface area contributed by atoms with E-state index in [-0.39, 0.29) is 11.5 Å². The van der Waals surface area contributed by atoms with E-state index in [2.05, 4.69) is 20.5 Å². The number of anilines is 2. The molecule has 2 fully saturated rings. The molecule has 0 radical (unpaired) electrons. The number of amides is 2. The second-order valence-corrected chi connectivity index (χ2v) is 11.1. The minimum atomic E-state index is -4.60. The normalized spacial score (nSPS) is 17.0. The molecule has 12 heteroatoms. The molecular weight excluding hydrogens is 587 g/mol. The van der Waals surface area contributed by atoms with E-state index in [0.717, 1.165) is 54.0 Å². The number of halogens is 3. The number of nitrogens with one attached hydrogen (secondary N) is 2. The molecule has 0 aromatic heterocycles. The van der Waals surface area contributed by atoms with Crippen LogP contribution in [0.5, 0.6) is 0 Å². The van der Waals surface area contributed by atoms with E-state index in [9.17, 15) is 22.8 Å². The predicted octanol–water partition coefficient (Wildman–Crippen LogP) is 4.21. The molecule has 6 rings (SSSR count). The summed E-state index contributed by atoms with van der Waals surface area (Å²) in [5.41, 5.74) is 3.60. The highest BCUT2D eigenvalue weighted by Crippen LogP contribution is 2.34. The topological polar surface area (TPSA) is 95.5 Å². The van der Waals surface area contributed by atoms with Crippen LogP contribution in [-0.4, -0.2) is 88.1 Å². The SMILES string of the molecule is O=C(NCCN1CCOCC1)C1=NCc2cc(-c3cccc(NC(=O)c4cc(N5CCOCC5)cc(C(F)(F)F)c4)c3)ccc21. The summed E-state index contributed by atoms with van der Waals surface area (Å²) in [6, 6.07) is 16.3. The molecule has 3 heterocycles. The van der Waals surface area contributed by atoms with Crippen molar-refractivity contribution in [3.8, 4) is 11.1 Å². The van der Waals surface area contributed by atoms with Crippen LogP contribution in [-0.2, 0) is 27.0 Å². The fourth-order valence-corrected chi connectivity index (χ4v) is 5.70. The molecule has 2 N–H and O–H groups in total. The monoisotopic (exact) mass is 621 g/mol. The van der Waals surface area contributed by atoms with Crippen molar-refractivity contribution in [2.45, 2.75) is 12.7 Å². The maximum atomic E-state index is 13.7. The van der Waals surface area contributed by atoms with Gasteiger partial charge in [0.2, 0.25) is 0 Å². The van der Waals surface area contributed by atoms with Crippen LogP contribution in [0, 0.1) is 0 Å². The van der Waals surface area contributed by atoms with E-state index in [4.69, 9.17) is 9.47 Å². The van der Waals surface area contributed by atoms with Gasteiger partial charge in [-0.2, -0.15) is 13.2 Å². The van der Waals surface area contributed by atoms with Crippen LogP contribution >= 0.6 is 0 Å². The Morgan fingerprint density at radius 2 is 1.58 bits per heavy atom. The quantitative estimate of drug-likeness (QED) is 0.392. The van der Waals surface area contributed by atoms with E-state index < -0.39 is 17.6 Å². The van der Waals surface area contributed by atoms with Gasteiger partial charge in [-0.25, -0.2) is 0 Å². The van der Waals surface area contributed by atoms with Gasteiger partial charge in [0.25, 0.3) is 11.8 Å². The van der Waals surface area contributed by atoms with Gasteiger partial charge >= 0.3 is 6.18 Å². The number of rotatable bonds is 8. The number of hydrogen-bond donors (Lipinski definition) is 2. The molecule has 236 valence electrons. The van der Waals surface area contributed by atoms with E-state index in [1.54, 1.807) is 23.1 Å². The summed E-state index contributed by atoms with van der Waals surface area (Å²) in [7, 11) is 0. The van der Waals surface area contributed by atoms with E-state index in [0.29, 0.717) is 69.7 Å². The molecular formula is C33H34F3N5O4. The zero-order valence-electron chi connectivity index (χ0n) is 24.7. The molecule has 9 nitrogen and oxygen atoms in total. The fourth-order valence-electron chi connectivity index (χ4n) is 5.70. The number of morpholine rings is 2. The second kappa shape index (κ2) is 13.4. The van der Waals surface area contributed by atoms with Gasteiger partial charge < -0.3 is 25.0 Å². The molecule has 2 saturated heterocycles. The lowest BCUT2D eigenvalue weighted by Crippen LogP contribution is -2.42. The largest absolute Gasteiger partial charge is 0.416 e. The fraction of sp³-hybridized carbons (Fsp3) is 0.364. The number of carbonyl (C=O) groups is 2. The summed E-state index contributed by atoms with van der Waals surface area (Å²) in [5, 5.41) is 5.73. The second-order valence-electron chi connectivity index (χ2n) is 11.1. The van der Waals surface area contributed by atoms with Crippen molar-refractivity contribution in [1.82, 2.24) is 10.2 Å². The molecule has 0 unspecified atom stereocenters. The Hall–Kier alpha value is -4.26. The van der Waals surface area contributed by atoms with Crippen LogP contribution in [0.2, 0.25) is 0 Å². The third-order valence-electron chi connectivity index (χ3n) is 8.14. The number of carbonyl (C=O) groups excluding carboxylic acids is 2. The lowest BCUT2D eigenvalue weighted by Gasteiger charge is -2.29. The first-order chi connectivity index (χ1) is 21.7. The third kappa shape index (κ3) is 7.35. The summed E-state index contributed by atoms with van der Waals surface area (Å²) in [6.07, 6.45) is -4.60. The molecule has 45 heavy (non-hydrogen) atoms. The van der Waals surface area contributed by atoms with E-state index >= 15 is 0 Å². The van der Waals surface area contributed by atoms with Gasteiger partial charge in [0.15, 0.2) is 0 Å². The average molecular weight is 622 g/mol. The lowest BCUT2D eigenvalue weighted by molar-refractivity contribution is -0.137. The molecule has 3 aliphatic heterocycles. The highest BCUT2D eigenvalue weighted by Gasteiger charge is 2.32. The summed E-state index contributed by atoms with van der Waals surface area (Å²) in [6.45, 7) is 6.48. The van der Waals surface area contributed by atoms with Gasteiger partial charge in [0.1, 0.15) is 5.71 Å². The maximum absolute atomic E-state index is 13.7. The first kappa shape index (κ1) is 30.8. The Morgan fingerprint density at radius 1 is 0.844 bits per heavy atom. The standard InChI is InChI=1S/C33H34F3N5O4/c34-33(35,36)26-17-24(19-28(20-26)41-10-14-45-15-11-41)31(42)39-27-3-1-2-22(18-27)23-4-5-29-25(16-23)21-38-30(29)32(43)37-6-7-40-8-12-44-13-9-40/h1-5,16-20H,6-15,21H2,(H,37,43)(H,39,42). The van der Waals surface area contributed by atoms with Crippen LogP contribution in [0.25, 0.3) is 11.1 Å². The van der Waals surface area contributed by atoms with E-state index in [1.807, 2.05) is 24.3 Å². The van der Waals surface area contributed by atoms with Gasteiger partial charge in [-0.05, 0) is 53.1 Å². The summed E-state index contributed by atoms with van der Waals surface area (Å²) >= 11 is 0. The molecule has 3 aromatic carbocycles. The lowest BCUT2D eigenvalue weighted by atomic mass is 9.98. The van der Waals surface area contributed by atoms with Crippen LogP contribution in [0.15, 0.2) is 65.7 Å². The minimum absolute atomic E-state index is 0.0813. The van der Waals surface area contributed by atoms with Crippen molar-refractivity contribution >= 4 is 28.9 Å². The average Bonchev–Trinajstić information content (AvgIpc) is 3.49. The number of nitrogens with zero attached hydrogens (tertiary/aromatic N) is 3. The van der Waals surface area contributed by atoms with Crippen LogP contribution in [0.4, 0.5) is 24.5 Å². The molecule has 3 aromatic rings. The third-order valence-corrected chi connectivity index (χ3v) is 8.14. The highest BCUT2D eigenvalue weighted by molar-refractivity contribution is 6.46. The van der Waals surface area contributed by atoms with Crippen molar-refractivity contribution in [1.29, 1.82) is 0 Å². The number of ether oxygens (including phenoxy) is 2. The Morgan fingerprint density at radius 3 is 2.33 bits per heavy atom. The first-order valence-corrected chi connectivity index (χ1v) is 15.0. The van der Waals surface area contributed by atoms with Crippen LogP contribution in [0.3, 0.4) is 0 Å². The Kier molecular flexibility index (Phi) is 9.15. The predicted molar refractivity (Wildman–Crippen MR) is 165 cm³/mol. The van der Waals surface area contributed by atoms with Crippen molar-refractivity contribution in [3.05, 3.63) is 82.9 Å². The molecule has 3 aliphatic rings. The molecule has 0 aliphatic carbocycles. The summed E-state index contributed by atoms with van der Waals surface area (Å²) in [5.74, 6) is -0.842. The van der Waals surface area contributed by atoms with Crippen LogP contribution < -0.4 is 15.5 Å². The summed E-state index contributed by atoms with van der Waals surface area (Å²) in [4.78, 5) is 34.6. The van der Waals surface area contributed by atoms with Gasteiger partial charge in [-0.1, -0.05) is 24.3 Å². The van der Waals surface area contributed by atoms with E-state index in [1.165, 1.54) is 6.07 Å². The molecule has 2 amide bonds. The van der Waals surface area contributed by atoms with Crippen molar-refractivity contribution in [2.75, 3.05) is 75.9 Å². The number of hydrogen-bond acceptors (Lipinski definition) is 7. The molecule has 0 bridgehead atoms. The number of fused-ring (bicyclic) bond motifs is 1. The summed E-state index contributed by atoms with van der Waals surface area (Å²) < 4.78 is 51.9. The van der Waals surface area contributed by atoms with Crippen molar-refractivity contribution < 1.29 is 32.2 Å². The number of alkyl halides is 3. The van der Waals surface area contributed by atoms with Gasteiger partial charge in [-0.15, -0.1) is 0 Å². The molecule has 0 saturated carbocycles. The Balaban J connectivity index is 1.13. The first-order valence-electron chi connectivity index (χ1n) is 15.0. The van der Waals surface area contributed by atoms with Gasteiger partial charge in [0, 0.05) is 61.8 Å². The Bertz CT molecular complexity index is 1600. The zero-order valence-corrected chi connectivity index (χ0v) is 24.7. The smallest absolute Gasteiger partial charge is 0.379 e.